The minimum atomic E-state index is -1.80. The van der Waals surface area contributed by atoms with Gasteiger partial charge in [0.2, 0.25) is 0 Å². The third-order valence-corrected chi connectivity index (χ3v) is 4.28. The number of hydrogen-bond acceptors (Lipinski definition) is 10. The van der Waals surface area contributed by atoms with E-state index in [2.05, 4.69) is 0 Å². The number of benzene rings is 1. The normalized spacial score (nSPS) is 13.6. The Bertz CT molecular complexity index is 883. The van der Waals surface area contributed by atoms with Crippen LogP contribution in [-0.4, -0.2) is 53.2 Å². The molecular weight excluding hydrogens is 450 g/mol. The summed E-state index contributed by atoms with van der Waals surface area (Å²) < 4.78 is 25.3. The van der Waals surface area contributed by atoms with Gasteiger partial charge in [-0.25, -0.2) is 9.59 Å². The quantitative estimate of drug-likeness (QED) is 0.269. The summed E-state index contributed by atoms with van der Waals surface area (Å²) in [5, 5.41) is 9.75. The Balaban J connectivity index is 3.21. The van der Waals surface area contributed by atoms with Gasteiger partial charge in [0.15, 0.2) is 11.5 Å². The summed E-state index contributed by atoms with van der Waals surface area (Å²) in [4.78, 5) is 47.4. The molecule has 11 nitrogen and oxygen atoms in total. The van der Waals surface area contributed by atoms with Crippen LogP contribution in [0.5, 0.6) is 11.5 Å². The molecule has 1 aromatic rings. The average Bonchev–Trinajstić information content (AvgIpc) is 2.68. The summed E-state index contributed by atoms with van der Waals surface area (Å²) in [6.45, 7) is 9.68. The lowest BCUT2D eigenvalue weighted by molar-refractivity contribution is -0.153. The predicted molar refractivity (Wildman–Crippen MR) is 120 cm³/mol. The Morgan fingerprint density at radius 2 is 1.44 bits per heavy atom. The fourth-order valence-corrected chi connectivity index (χ4v) is 2.90. The molecule has 1 unspecified atom stereocenters. The Hall–Kier alpha value is -3.34. The molecule has 0 amide bonds. The van der Waals surface area contributed by atoms with E-state index in [1.54, 1.807) is 41.5 Å². The zero-order chi connectivity index (χ0) is 26.1. The van der Waals surface area contributed by atoms with Crippen molar-refractivity contribution in [2.75, 3.05) is 0 Å². The van der Waals surface area contributed by atoms with Gasteiger partial charge in [-0.15, -0.1) is 0 Å². The zero-order valence-corrected chi connectivity index (χ0v) is 20.3. The van der Waals surface area contributed by atoms with Gasteiger partial charge in [0.25, 0.3) is 0 Å². The molecule has 0 aromatic heterocycles. The monoisotopic (exact) mass is 483 g/mol. The number of carboxylic acid groups (broad SMARTS) is 1. The number of carbonyl (C=O) groups excluding carboxylic acids is 3. The summed E-state index contributed by atoms with van der Waals surface area (Å²) in [6.07, 6.45) is -3.97. The Labute approximate surface area is 198 Å². The van der Waals surface area contributed by atoms with E-state index in [0.29, 0.717) is 5.56 Å². The van der Waals surface area contributed by atoms with Crippen LogP contribution in [0.15, 0.2) is 18.2 Å². The molecule has 1 rings (SSSR count). The molecule has 0 aliphatic carbocycles. The van der Waals surface area contributed by atoms with Crippen molar-refractivity contribution in [3.05, 3.63) is 23.8 Å². The van der Waals surface area contributed by atoms with E-state index in [1.807, 2.05) is 0 Å². The summed E-state index contributed by atoms with van der Waals surface area (Å²) in [6, 6.07) is 4.09. The summed E-state index contributed by atoms with van der Waals surface area (Å²) >= 11 is 0. The van der Waals surface area contributed by atoms with Crippen LogP contribution in [-0.2, 0) is 30.2 Å². The molecular formula is C23H33NO10. The van der Waals surface area contributed by atoms with Crippen LogP contribution in [0.2, 0.25) is 0 Å². The molecule has 0 bridgehead atoms. The van der Waals surface area contributed by atoms with Crippen molar-refractivity contribution >= 4 is 24.2 Å². The van der Waals surface area contributed by atoms with Crippen molar-refractivity contribution in [3.8, 4) is 11.5 Å². The minimum absolute atomic E-state index is 0.140. The lowest BCUT2D eigenvalue weighted by atomic mass is 9.86. The van der Waals surface area contributed by atoms with Crippen LogP contribution in [0.3, 0.4) is 0 Å². The number of nitrogens with two attached hydrogens (primary N) is 1. The SMILES string of the molecule is CCC(=O)O[C@@H](C)CC(N)(Cc1ccc(OC(=O)OC(C)C)c(OC(=O)OC(C)C)c1)C(=O)O. The molecule has 0 spiro atoms. The molecule has 0 fully saturated rings. The van der Waals surface area contributed by atoms with E-state index >= 15 is 0 Å². The number of hydrogen-bond donors (Lipinski definition) is 2. The van der Waals surface area contributed by atoms with E-state index in [9.17, 15) is 24.3 Å². The van der Waals surface area contributed by atoms with E-state index in [0.717, 1.165) is 0 Å². The topological polar surface area (TPSA) is 161 Å². The summed E-state index contributed by atoms with van der Waals surface area (Å²) in [5.41, 5.74) is 4.71. The second-order valence-corrected chi connectivity index (χ2v) is 8.31. The van der Waals surface area contributed by atoms with Crippen LogP contribution < -0.4 is 15.2 Å². The van der Waals surface area contributed by atoms with Crippen molar-refractivity contribution in [1.82, 2.24) is 0 Å². The number of ether oxygens (including phenoxy) is 5. The van der Waals surface area contributed by atoms with Gasteiger partial charge in [0.1, 0.15) is 11.6 Å². The third kappa shape index (κ3) is 9.65. The van der Waals surface area contributed by atoms with Gasteiger partial charge in [0.05, 0.1) is 12.2 Å². The Kier molecular flexibility index (Phi) is 10.8. The summed E-state index contributed by atoms with van der Waals surface area (Å²) in [7, 11) is 0. The number of carboxylic acids is 1. The van der Waals surface area contributed by atoms with Crippen LogP contribution in [0, 0.1) is 0 Å². The van der Waals surface area contributed by atoms with Gasteiger partial charge in [-0.2, -0.15) is 0 Å². The van der Waals surface area contributed by atoms with Crippen molar-refractivity contribution in [1.29, 1.82) is 0 Å². The highest BCUT2D eigenvalue weighted by atomic mass is 16.7. The van der Waals surface area contributed by atoms with E-state index in [1.165, 1.54) is 18.2 Å². The molecule has 1 aromatic carbocycles. The number of esters is 1. The number of carbonyl (C=O) groups is 4. The zero-order valence-electron chi connectivity index (χ0n) is 20.3. The van der Waals surface area contributed by atoms with Gasteiger partial charge in [-0.1, -0.05) is 13.0 Å². The third-order valence-electron chi connectivity index (χ3n) is 4.28. The van der Waals surface area contributed by atoms with Gasteiger partial charge in [-0.05, 0) is 52.3 Å². The van der Waals surface area contributed by atoms with Gasteiger partial charge < -0.3 is 34.5 Å². The minimum Gasteiger partial charge on any atom is -0.480 e. The molecule has 11 heteroatoms. The second kappa shape index (κ2) is 12.8. The fourth-order valence-electron chi connectivity index (χ4n) is 2.90. The molecule has 0 saturated heterocycles. The smallest absolute Gasteiger partial charge is 0.480 e. The lowest BCUT2D eigenvalue weighted by Gasteiger charge is -2.28. The molecule has 0 aliphatic heterocycles. The molecule has 2 atom stereocenters. The summed E-state index contributed by atoms with van der Waals surface area (Å²) in [5.74, 6) is -2.12. The Morgan fingerprint density at radius 1 is 0.912 bits per heavy atom. The Morgan fingerprint density at radius 3 is 1.91 bits per heavy atom. The molecule has 3 N–H and O–H groups in total. The van der Waals surface area contributed by atoms with Crippen molar-refractivity contribution < 1.29 is 48.0 Å². The van der Waals surface area contributed by atoms with E-state index in [4.69, 9.17) is 29.4 Å². The largest absolute Gasteiger partial charge is 0.514 e. The van der Waals surface area contributed by atoms with Gasteiger partial charge in [-0.3, -0.25) is 9.59 Å². The molecule has 0 aliphatic rings. The first-order valence-electron chi connectivity index (χ1n) is 10.9. The maximum atomic E-state index is 12.0. The average molecular weight is 484 g/mol. The standard InChI is InChI=1S/C23H33NO10/c1-7-19(25)32-15(6)11-23(24,20(26)27)12-16-8-9-17(33-21(28)30-13(2)3)18(10-16)34-22(29)31-14(4)5/h8-10,13-15H,7,11-12,24H2,1-6H3,(H,26,27)/t15-,23?/m0/s1. The highest BCUT2D eigenvalue weighted by molar-refractivity contribution is 5.79. The second-order valence-electron chi connectivity index (χ2n) is 8.31. The fraction of sp³-hybridized carbons (Fsp3) is 0.565. The van der Waals surface area contributed by atoms with Crippen molar-refractivity contribution in [3.63, 3.8) is 0 Å². The van der Waals surface area contributed by atoms with Crippen LogP contribution in [0.4, 0.5) is 9.59 Å². The maximum absolute atomic E-state index is 12.0. The highest BCUT2D eigenvalue weighted by Gasteiger charge is 2.37. The number of rotatable bonds is 11. The van der Waals surface area contributed by atoms with Gasteiger partial charge in [0, 0.05) is 19.3 Å². The van der Waals surface area contributed by atoms with Gasteiger partial charge >= 0.3 is 24.2 Å². The first-order chi connectivity index (χ1) is 15.7. The molecule has 34 heavy (non-hydrogen) atoms. The van der Waals surface area contributed by atoms with E-state index in [-0.39, 0.29) is 30.8 Å². The first kappa shape index (κ1) is 28.7. The van der Waals surface area contributed by atoms with Crippen molar-refractivity contribution in [2.45, 2.75) is 84.7 Å². The maximum Gasteiger partial charge on any atom is 0.514 e. The van der Waals surface area contributed by atoms with Crippen molar-refractivity contribution in [2.24, 2.45) is 5.73 Å². The van der Waals surface area contributed by atoms with Crippen LogP contribution >= 0.6 is 0 Å². The highest BCUT2D eigenvalue weighted by Crippen LogP contribution is 2.31. The molecule has 190 valence electrons. The predicted octanol–water partition coefficient (Wildman–Crippen LogP) is 3.59. The lowest BCUT2D eigenvalue weighted by Crippen LogP contribution is -2.52. The molecule has 0 saturated carbocycles. The van der Waals surface area contributed by atoms with Crippen LogP contribution in [0.25, 0.3) is 0 Å². The molecule has 0 heterocycles. The van der Waals surface area contributed by atoms with Crippen LogP contribution in [0.1, 0.15) is 59.9 Å². The molecule has 0 radical (unpaired) electrons. The van der Waals surface area contributed by atoms with E-state index < -0.39 is 48.1 Å². The first-order valence-corrected chi connectivity index (χ1v) is 10.9. The number of aliphatic carboxylic acids is 1.